The Morgan fingerprint density at radius 2 is 1.70 bits per heavy atom. The number of nitrogens with zero attached hydrogens (tertiary/aromatic N) is 5. The Kier molecular flexibility index (Phi) is 4.36. The van der Waals surface area contributed by atoms with E-state index < -0.39 is 4.92 Å². The van der Waals surface area contributed by atoms with Crippen molar-refractivity contribution in [1.29, 1.82) is 0 Å². The van der Waals surface area contributed by atoms with Crippen LogP contribution in [0.4, 0.5) is 17.2 Å². The summed E-state index contributed by atoms with van der Waals surface area (Å²) in [6.07, 6.45) is 0. The molecule has 5 aromatic rings. The Hall–Kier alpha value is -3.85. The fourth-order valence-corrected chi connectivity index (χ4v) is 3.55. The first-order valence-corrected chi connectivity index (χ1v) is 9.81. The predicted octanol–water partition coefficient (Wildman–Crippen LogP) is 5.36. The number of rotatable bonds is 4. The molecule has 0 saturated heterocycles. The van der Waals surface area contributed by atoms with Crippen molar-refractivity contribution < 1.29 is 4.92 Å². The molecule has 0 amide bonds. The van der Waals surface area contributed by atoms with Gasteiger partial charge in [0.05, 0.1) is 4.92 Å². The third-order valence-corrected chi connectivity index (χ3v) is 5.21. The molecular weight excluding hydrogens is 448 g/mol. The Bertz CT molecular complexity index is 1410. The highest BCUT2D eigenvalue weighted by atomic mass is 79.9. The summed E-state index contributed by atoms with van der Waals surface area (Å²) in [5.41, 5.74) is 2.08. The number of hydrogen-bond donors (Lipinski definition) is 1. The number of halogens is 1. The van der Waals surface area contributed by atoms with Gasteiger partial charge in [0.1, 0.15) is 0 Å². The number of hydrogen-bond acceptors (Lipinski definition) is 6. The van der Waals surface area contributed by atoms with E-state index in [1.807, 2.05) is 48.5 Å². The molecule has 5 rings (SSSR count). The smallest absolute Gasteiger partial charge is 0.271 e. The molecule has 0 radical (unpaired) electrons. The molecule has 0 aliphatic carbocycles. The number of non-ortho nitro benzene ring substituents is 1. The molecule has 9 heteroatoms. The Labute approximate surface area is 178 Å². The zero-order chi connectivity index (χ0) is 20.7. The minimum atomic E-state index is -0.425. The molecule has 1 N–H and O–H groups in total. The zero-order valence-corrected chi connectivity index (χ0v) is 16.9. The summed E-state index contributed by atoms with van der Waals surface area (Å²) in [7, 11) is 0. The lowest BCUT2D eigenvalue weighted by molar-refractivity contribution is -0.384. The van der Waals surface area contributed by atoms with Crippen molar-refractivity contribution in [3.8, 4) is 11.4 Å². The van der Waals surface area contributed by atoms with Gasteiger partial charge in [-0.25, -0.2) is 0 Å². The second kappa shape index (κ2) is 7.20. The summed E-state index contributed by atoms with van der Waals surface area (Å²) in [5, 5.41) is 29.5. The maximum absolute atomic E-state index is 11.1. The summed E-state index contributed by atoms with van der Waals surface area (Å²) < 4.78 is 2.65. The molecule has 0 aliphatic rings. The van der Waals surface area contributed by atoms with Gasteiger partial charge in [0, 0.05) is 38.6 Å². The van der Waals surface area contributed by atoms with Gasteiger partial charge >= 0.3 is 0 Å². The highest BCUT2D eigenvalue weighted by Crippen LogP contribution is 2.30. The normalized spacial score (nSPS) is 11.1. The van der Waals surface area contributed by atoms with Crippen LogP contribution in [0.5, 0.6) is 0 Å². The number of nitrogens with one attached hydrogen (secondary N) is 1. The summed E-state index contributed by atoms with van der Waals surface area (Å²) in [6.45, 7) is 0. The minimum absolute atomic E-state index is 0.00485. The van der Waals surface area contributed by atoms with E-state index in [4.69, 9.17) is 5.10 Å². The first-order chi connectivity index (χ1) is 14.6. The molecule has 30 heavy (non-hydrogen) atoms. The van der Waals surface area contributed by atoms with Crippen LogP contribution in [0.15, 0.2) is 77.3 Å². The monoisotopic (exact) mass is 460 g/mol. The summed E-state index contributed by atoms with van der Waals surface area (Å²) >= 11 is 3.44. The minimum Gasteiger partial charge on any atom is -0.338 e. The average molecular weight is 461 g/mol. The van der Waals surface area contributed by atoms with Crippen LogP contribution in [0.1, 0.15) is 0 Å². The molecule has 2 heterocycles. The van der Waals surface area contributed by atoms with Crippen LogP contribution >= 0.6 is 15.9 Å². The van der Waals surface area contributed by atoms with Crippen molar-refractivity contribution in [3.05, 3.63) is 87.4 Å². The van der Waals surface area contributed by atoms with E-state index in [1.165, 1.54) is 12.1 Å². The molecular formula is C21H13BrN6O2. The zero-order valence-electron chi connectivity index (χ0n) is 15.4. The van der Waals surface area contributed by atoms with E-state index in [9.17, 15) is 10.1 Å². The number of fused-ring (bicyclic) bond motifs is 3. The van der Waals surface area contributed by atoms with Crippen LogP contribution in [-0.2, 0) is 0 Å². The van der Waals surface area contributed by atoms with Crippen LogP contribution in [0, 0.1) is 10.1 Å². The van der Waals surface area contributed by atoms with Gasteiger partial charge in [-0.2, -0.15) is 4.52 Å². The molecule has 0 atom stereocenters. The molecule has 8 nitrogen and oxygen atoms in total. The number of aromatic nitrogens is 4. The Balaban J connectivity index is 1.70. The van der Waals surface area contributed by atoms with E-state index in [0.29, 0.717) is 23.0 Å². The molecule has 0 bridgehead atoms. The van der Waals surface area contributed by atoms with Crippen LogP contribution in [0.2, 0.25) is 0 Å². The van der Waals surface area contributed by atoms with Gasteiger partial charge < -0.3 is 5.32 Å². The van der Waals surface area contributed by atoms with Crippen molar-refractivity contribution in [2.75, 3.05) is 5.32 Å². The maximum atomic E-state index is 11.1. The number of anilines is 2. The standard InChI is InChI=1S/C21H13BrN6O2/c22-14-10-8-13(9-11-14)20-24-25-21-18-7-2-1-6-17(18)19(26-27(20)21)23-15-4-3-5-16(12-15)28(29)30/h1-12H,(H,23,26). The molecule has 0 saturated carbocycles. The van der Waals surface area contributed by atoms with Crippen molar-refractivity contribution in [3.63, 3.8) is 0 Å². The first-order valence-electron chi connectivity index (χ1n) is 9.02. The van der Waals surface area contributed by atoms with Gasteiger partial charge in [0.2, 0.25) is 0 Å². The van der Waals surface area contributed by atoms with Crippen molar-refractivity contribution in [2.24, 2.45) is 0 Å². The lowest BCUT2D eigenvalue weighted by atomic mass is 10.1. The fourth-order valence-electron chi connectivity index (χ4n) is 3.29. The van der Waals surface area contributed by atoms with Crippen LogP contribution in [-0.4, -0.2) is 24.7 Å². The average Bonchev–Trinajstić information content (AvgIpc) is 3.19. The quantitative estimate of drug-likeness (QED) is 0.286. The van der Waals surface area contributed by atoms with Crippen LogP contribution < -0.4 is 5.32 Å². The molecule has 146 valence electrons. The van der Waals surface area contributed by atoms with E-state index in [1.54, 1.807) is 16.6 Å². The van der Waals surface area contributed by atoms with E-state index in [2.05, 4.69) is 31.4 Å². The predicted molar refractivity (Wildman–Crippen MR) is 118 cm³/mol. The number of benzene rings is 3. The highest BCUT2D eigenvalue weighted by Gasteiger charge is 2.16. The highest BCUT2D eigenvalue weighted by molar-refractivity contribution is 9.10. The molecule has 3 aromatic carbocycles. The van der Waals surface area contributed by atoms with Gasteiger partial charge in [0.15, 0.2) is 17.3 Å². The van der Waals surface area contributed by atoms with Gasteiger partial charge in [-0.05, 0) is 18.2 Å². The summed E-state index contributed by atoms with van der Waals surface area (Å²) in [4.78, 5) is 10.7. The third kappa shape index (κ3) is 3.15. The Morgan fingerprint density at radius 1 is 0.933 bits per heavy atom. The van der Waals surface area contributed by atoms with Gasteiger partial charge in [0.25, 0.3) is 5.69 Å². The largest absolute Gasteiger partial charge is 0.338 e. The number of nitro groups is 1. The maximum Gasteiger partial charge on any atom is 0.271 e. The molecule has 0 spiro atoms. The molecule has 0 unspecified atom stereocenters. The molecule has 0 fully saturated rings. The number of nitro benzene ring substituents is 1. The topological polar surface area (TPSA) is 98.2 Å². The second-order valence-electron chi connectivity index (χ2n) is 6.59. The molecule has 2 aromatic heterocycles. The second-order valence-corrected chi connectivity index (χ2v) is 7.51. The fraction of sp³-hybridized carbons (Fsp3) is 0. The summed E-state index contributed by atoms with van der Waals surface area (Å²) in [5.74, 6) is 1.15. The lowest BCUT2D eigenvalue weighted by Crippen LogP contribution is -2.03. The van der Waals surface area contributed by atoms with Crippen molar-refractivity contribution in [1.82, 2.24) is 19.8 Å². The lowest BCUT2D eigenvalue weighted by Gasteiger charge is -2.10. The van der Waals surface area contributed by atoms with Crippen LogP contribution in [0.25, 0.3) is 27.8 Å². The van der Waals surface area contributed by atoms with Gasteiger partial charge in [-0.15, -0.1) is 15.3 Å². The van der Waals surface area contributed by atoms with E-state index in [-0.39, 0.29) is 5.69 Å². The Morgan fingerprint density at radius 3 is 2.47 bits per heavy atom. The summed E-state index contributed by atoms with van der Waals surface area (Å²) in [6, 6.07) is 21.8. The molecule has 0 aliphatic heterocycles. The van der Waals surface area contributed by atoms with Gasteiger partial charge in [-0.3, -0.25) is 10.1 Å². The first kappa shape index (κ1) is 18.2. The van der Waals surface area contributed by atoms with Crippen LogP contribution in [0.3, 0.4) is 0 Å². The van der Waals surface area contributed by atoms with Gasteiger partial charge in [-0.1, -0.05) is 58.4 Å². The van der Waals surface area contributed by atoms with Crippen molar-refractivity contribution in [2.45, 2.75) is 0 Å². The SMILES string of the molecule is O=[N+]([O-])c1cccc(Nc2nn3c(-c4ccc(Br)cc4)nnc3c3ccccc23)c1. The third-order valence-electron chi connectivity index (χ3n) is 4.69. The van der Waals surface area contributed by atoms with E-state index in [0.717, 1.165) is 20.8 Å². The van der Waals surface area contributed by atoms with Crippen molar-refractivity contribution >= 4 is 49.5 Å². The van der Waals surface area contributed by atoms with E-state index >= 15 is 0 Å².